The predicted molar refractivity (Wildman–Crippen MR) is 64.8 cm³/mol. The van der Waals surface area contributed by atoms with Gasteiger partial charge in [-0.1, -0.05) is 6.92 Å². The Morgan fingerprint density at radius 1 is 1.65 bits per heavy atom. The minimum Gasteiger partial charge on any atom is -0.477 e. The number of pyridine rings is 1. The van der Waals surface area contributed by atoms with Gasteiger partial charge in [-0.2, -0.15) is 0 Å². The first-order valence-corrected chi connectivity index (χ1v) is 5.93. The lowest BCUT2D eigenvalue weighted by Crippen LogP contribution is -2.21. The molecule has 1 N–H and O–H groups in total. The summed E-state index contributed by atoms with van der Waals surface area (Å²) < 4.78 is 0. The highest BCUT2D eigenvalue weighted by Crippen LogP contribution is 2.38. The van der Waals surface area contributed by atoms with E-state index < -0.39 is 5.97 Å². The number of rotatable bonds is 5. The van der Waals surface area contributed by atoms with Gasteiger partial charge < -0.3 is 10.0 Å². The van der Waals surface area contributed by atoms with Crippen LogP contribution in [-0.2, 0) is 6.54 Å². The lowest BCUT2D eigenvalue weighted by Gasteiger charge is -2.16. The summed E-state index contributed by atoms with van der Waals surface area (Å²) in [4.78, 5) is 16.9. The minimum atomic E-state index is -0.967. The second-order valence-corrected chi connectivity index (χ2v) is 5.02. The molecule has 0 bridgehead atoms. The van der Waals surface area contributed by atoms with E-state index in [-0.39, 0.29) is 5.69 Å². The van der Waals surface area contributed by atoms with Crippen LogP contribution in [0, 0.1) is 11.8 Å². The second-order valence-electron chi connectivity index (χ2n) is 5.02. The number of aromatic nitrogens is 1. The number of hydrogen-bond donors (Lipinski definition) is 1. The normalized spacial score (nSPS) is 22.8. The lowest BCUT2D eigenvalue weighted by molar-refractivity contribution is 0.0690. The van der Waals surface area contributed by atoms with E-state index in [0.717, 1.165) is 30.5 Å². The summed E-state index contributed by atoms with van der Waals surface area (Å²) in [6.07, 6.45) is 2.88. The van der Waals surface area contributed by atoms with E-state index in [2.05, 4.69) is 23.9 Å². The van der Waals surface area contributed by atoms with Crippen LogP contribution in [0.25, 0.3) is 0 Å². The van der Waals surface area contributed by atoms with Crippen molar-refractivity contribution in [2.24, 2.45) is 11.8 Å². The minimum absolute atomic E-state index is 0.121. The molecule has 1 aliphatic rings. The largest absolute Gasteiger partial charge is 0.477 e. The molecule has 1 fully saturated rings. The van der Waals surface area contributed by atoms with Gasteiger partial charge in [-0.25, -0.2) is 9.78 Å². The Bertz CT molecular complexity index is 420. The summed E-state index contributed by atoms with van der Waals surface area (Å²) in [6, 6.07) is 3.52. The number of carboxylic acids is 1. The highest BCUT2D eigenvalue weighted by molar-refractivity contribution is 5.85. The molecule has 0 radical (unpaired) electrons. The van der Waals surface area contributed by atoms with Crippen molar-refractivity contribution in [1.82, 2.24) is 9.88 Å². The summed E-state index contributed by atoms with van der Waals surface area (Å²) in [5.74, 6) is 0.704. The monoisotopic (exact) mass is 234 g/mol. The van der Waals surface area contributed by atoms with Gasteiger partial charge in [0.2, 0.25) is 0 Å². The molecule has 17 heavy (non-hydrogen) atoms. The Balaban J connectivity index is 1.93. The molecule has 0 aromatic carbocycles. The molecular weight excluding hydrogens is 216 g/mol. The zero-order valence-corrected chi connectivity index (χ0v) is 10.3. The van der Waals surface area contributed by atoms with Crippen molar-refractivity contribution in [3.63, 3.8) is 0 Å². The Labute approximate surface area is 101 Å². The van der Waals surface area contributed by atoms with Gasteiger partial charge >= 0.3 is 5.97 Å². The standard InChI is InChI=1S/C13H18N2O2/c1-9-5-11(9)8-15(2)7-10-3-4-14-12(6-10)13(16)17/h3-4,6,9,11H,5,7-8H2,1-2H3,(H,16,17). The number of aromatic carboxylic acids is 1. The van der Waals surface area contributed by atoms with E-state index in [1.807, 2.05) is 6.07 Å². The molecule has 4 nitrogen and oxygen atoms in total. The van der Waals surface area contributed by atoms with Gasteiger partial charge in [0.15, 0.2) is 0 Å². The zero-order valence-electron chi connectivity index (χ0n) is 10.3. The lowest BCUT2D eigenvalue weighted by atomic mass is 10.2. The molecule has 2 atom stereocenters. The Kier molecular flexibility index (Phi) is 3.43. The molecule has 2 unspecified atom stereocenters. The van der Waals surface area contributed by atoms with E-state index in [1.165, 1.54) is 6.42 Å². The van der Waals surface area contributed by atoms with Crippen LogP contribution in [0.5, 0.6) is 0 Å². The first-order chi connectivity index (χ1) is 8.06. The van der Waals surface area contributed by atoms with Gasteiger partial charge in [-0.05, 0) is 43.0 Å². The number of carbonyl (C=O) groups is 1. The quantitative estimate of drug-likeness (QED) is 0.845. The molecule has 4 heteroatoms. The third-order valence-electron chi connectivity index (χ3n) is 3.32. The summed E-state index contributed by atoms with van der Waals surface area (Å²) in [7, 11) is 2.08. The van der Waals surface area contributed by atoms with Crippen molar-refractivity contribution in [3.05, 3.63) is 29.6 Å². The molecule has 1 aromatic rings. The molecule has 0 amide bonds. The van der Waals surface area contributed by atoms with Crippen molar-refractivity contribution < 1.29 is 9.90 Å². The van der Waals surface area contributed by atoms with Crippen LogP contribution in [0.1, 0.15) is 29.4 Å². The molecule has 0 aliphatic heterocycles. The third-order valence-corrected chi connectivity index (χ3v) is 3.32. The van der Waals surface area contributed by atoms with Gasteiger partial charge in [0.05, 0.1) is 0 Å². The van der Waals surface area contributed by atoms with Crippen LogP contribution in [-0.4, -0.2) is 34.6 Å². The van der Waals surface area contributed by atoms with Gasteiger partial charge in [-0.3, -0.25) is 0 Å². The van der Waals surface area contributed by atoms with E-state index in [9.17, 15) is 4.79 Å². The second kappa shape index (κ2) is 4.84. The average Bonchev–Trinajstić information content (AvgIpc) is 2.94. The first-order valence-electron chi connectivity index (χ1n) is 5.93. The molecule has 1 saturated carbocycles. The number of hydrogen-bond acceptors (Lipinski definition) is 3. The maximum Gasteiger partial charge on any atom is 0.354 e. The van der Waals surface area contributed by atoms with Gasteiger partial charge in [-0.15, -0.1) is 0 Å². The van der Waals surface area contributed by atoms with Gasteiger partial charge in [0.1, 0.15) is 5.69 Å². The third kappa shape index (κ3) is 3.27. The highest BCUT2D eigenvalue weighted by atomic mass is 16.4. The van der Waals surface area contributed by atoms with Crippen LogP contribution >= 0.6 is 0 Å². The zero-order chi connectivity index (χ0) is 12.4. The van der Waals surface area contributed by atoms with Crippen LogP contribution in [0.15, 0.2) is 18.3 Å². The summed E-state index contributed by atoms with van der Waals surface area (Å²) in [6.45, 7) is 4.14. The topological polar surface area (TPSA) is 53.4 Å². The molecule has 0 saturated heterocycles. The van der Waals surface area contributed by atoms with Crippen molar-refractivity contribution in [3.8, 4) is 0 Å². The fourth-order valence-electron chi connectivity index (χ4n) is 2.12. The van der Waals surface area contributed by atoms with Gasteiger partial charge in [0.25, 0.3) is 0 Å². The number of carboxylic acid groups (broad SMARTS) is 1. The molecule has 2 rings (SSSR count). The Morgan fingerprint density at radius 3 is 2.94 bits per heavy atom. The molecule has 1 heterocycles. The van der Waals surface area contributed by atoms with Crippen LogP contribution in [0.4, 0.5) is 0 Å². The SMILES string of the molecule is CC1CC1CN(C)Cc1ccnc(C(=O)O)c1. The molecule has 92 valence electrons. The van der Waals surface area contributed by atoms with E-state index in [0.29, 0.717) is 0 Å². The average molecular weight is 234 g/mol. The maximum atomic E-state index is 10.8. The van der Waals surface area contributed by atoms with Crippen molar-refractivity contribution >= 4 is 5.97 Å². The fourth-order valence-corrected chi connectivity index (χ4v) is 2.12. The summed E-state index contributed by atoms with van der Waals surface area (Å²) >= 11 is 0. The van der Waals surface area contributed by atoms with Crippen LogP contribution in [0.3, 0.4) is 0 Å². The molecule has 0 spiro atoms. The van der Waals surface area contributed by atoms with Crippen LogP contribution < -0.4 is 0 Å². The van der Waals surface area contributed by atoms with E-state index in [4.69, 9.17) is 5.11 Å². The van der Waals surface area contributed by atoms with Crippen LogP contribution in [0.2, 0.25) is 0 Å². The van der Waals surface area contributed by atoms with E-state index in [1.54, 1.807) is 12.3 Å². The maximum absolute atomic E-state index is 10.8. The first kappa shape index (κ1) is 12.0. The molecular formula is C13H18N2O2. The molecule has 1 aromatic heterocycles. The Hall–Kier alpha value is -1.42. The van der Waals surface area contributed by atoms with Gasteiger partial charge in [0, 0.05) is 19.3 Å². The van der Waals surface area contributed by atoms with Crippen molar-refractivity contribution in [2.75, 3.05) is 13.6 Å². The van der Waals surface area contributed by atoms with Crippen molar-refractivity contribution in [2.45, 2.75) is 19.9 Å². The predicted octanol–water partition coefficient (Wildman–Crippen LogP) is 1.87. The molecule has 1 aliphatic carbocycles. The highest BCUT2D eigenvalue weighted by Gasteiger charge is 2.32. The Morgan fingerprint density at radius 2 is 2.35 bits per heavy atom. The smallest absolute Gasteiger partial charge is 0.354 e. The van der Waals surface area contributed by atoms with Crippen molar-refractivity contribution in [1.29, 1.82) is 0 Å². The fraction of sp³-hybridized carbons (Fsp3) is 0.538. The summed E-state index contributed by atoms with van der Waals surface area (Å²) in [5.41, 5.74) is 1.13. The summed E-state index contributed by atoms with van der Waals surface area (Å²) in [5, 5.41) is 8.86. The number of nitrogens with zero attached hydrogens (tertiary/aromatic N) is 2. The van der Waals surface area contributed by atoms with E-state index >= 15 is 0 Å².